The summed E-state index contributed by atoms with van der Waals surface area (Å²) in [4.78, 5) is 13.3. The van der Waals surface area contributed by atoms with Crippen molar-refractivity contribution in [3.63, 3.8) is 0 Å². The number of β-lactam (4-membered cyclic amide) rings is 1. The molecule has 3 heteroatoms. The number of carbonyl (C=O) groups is 1. The Hall–Kier alpha value is -1.35. The van der Waals surface area contributed by atoms with E-state index >= 15 is 0 Å². The van der Waals surface area contributed by atoms with Crippen LogP contribution in [0.2, 0.25) is 0 Å². The molecule has 1 saturated heterocycles. The SMILES string of the molecule is CCN1C(=O)[C@H](N)[C@@H]1c1ccc(C)cc1. The minimum atomic E-state index is -0.354. The fraction of sp³-hybridized carbons (Fsp3) is 0.417. The highest BCUT2D eigenvalue weighted by atomic mass is 16.2. The van der Waals surface area contributed by atoms with Gasteiger partial charge in [0.1, 0.15) is 6.04 Å². The monoisotopic (exact) mass is 204 g/mol. The van der Waals surface area contributed by atoms with E-state index in [0.717, 1.165) is 12.1 Å². The van der Waals surface area contributed by atoms with E-state index in [1.807, 2.05) is 18.7 Å². The van der Waals surface area contributed by atoms with Crippen LogP contribution in [0.4, 0.5) is 0 Å². The summed E-state index contributed by atoms with van der Waals surface area (Å²) in [6, 6.07) is 7.93. The average molecular weight is 204 g/mol. The first-order valence-corrected chi connectivity index (χ1v) is 5.27. The minimum absolute atomic E-state index is 0.0584. The molecule has 2 N–H and O–H groups in total. The quantitative estimate of drug-likeness (QED) is 0.736. The molecule has 1 aromatic carbocycles. The number of aryl methyl sites for hydroxylation is 1. The Morgan fingerprint density at radius 3 is 2.47 bits per heavy atom. The summed E-state index contributed by atoms with van der Waals surface area (Å²) in [5.74, 6) is 0.0584. The van der Waals surface area contributed by atoms with Crippen LogP contribution in [0.25, 0.3) is 0 Å². The lowest BCUT2D eigenvalue weighted by atomic mass is 9.89. The summed E-state index contributed by atoms with van der Waals surface area (Å²) in [5.41, 5.74) is 8.17. The Kier molecular flexibility index (Phi) is 2.49. The second-order valence-electron chi connectivity index (χ2n) is 4.01. The number of carbonyl (C=O) groups excluding carboxylic acids is 1. The molecular weight excluding hydrogens is 188 g/mol. The topological polar surface area (TPSA) is 46.3 Å². The van der Waals surface area contributed by atoms with E-state index in [2.05, 4.69) is 24.3 Å². The molecule has 15 heavy (non-hydrogen) atoms. The molecule has 0 aliphatic carbocycles. The highest BCUT2D eigenvalue weighted by Crippen LogP contribution is 2.33. The molecule has 0 unspecified atom stereocenters. The summed E-state index contributed by atoms with van der Waals surface area (Å²) < 4.78 is 0. The molecule has 0 bridgehead atoms. The normalized spacial score (nSPS) is 25.3. The molecule has 3 nitrogen and oxygen atoms in total. The lowest BCUT2D eigenvalue weighted by Gasteiger charge is -2.45. The Labute approximate surface area is 89.9 Å². The van der Waals surface area contributed by atoms with Gasteiger partial charge in [-0.05, 0) is 19.4 Å². The third-order valence-corrected chi connectivity index (χ3v) is 3.00. The van der Waals surface area contributed by atoms with Crippen LogP contribution in [0, 0.1) is 6.92 Å². The van der Waals surface area contributed by atoms with Gasteiger partial charge in [0.05, 0.1) is 6.04 Å². The molecule has 0 aromatic heterocycles. The van der Waals surface area contributed by atoms with E-state index in [1.54, 1.807) is 0 Å². The van der Waals surface area contributed by atoms with Gasteiger partial charge in [0.15, 0.2) is 0 Å². The maximum atomic E-state index is 11.4. The van der Waals surface area contributed by atoms with E-state index < -0.39 is 0 Å². The number of likely N-dealkylation sites (N-methyl/N-ethyl adjacent to an activating group) is 1. The number of likely N-dealkylation sites (tertiary alicyclic amines) is 1. The Balaban J connectivity index is 2.24. The first kappa shape index (κ1) is 10.2. The molecular formula is C12H16N2O. The van der Waals surface area contributed by atoms with Gasteiger partial charge in [0.2, 0.25) is 5.91 Å². The molecule has 1 heterocycles. The number of nitrogens with zero attached hydrogens (tertiary/aromatic N) is 1. The largest absolute Gasteiger partial charge is 0.332 e. The van der Waals surface area contributed by atoms with Gasteiger partial charge in [0.25, 0.3) is 0 Å². The van der Waals surface area contributed by atoms with E-state index in [1.165, 1.54) is 5.56 Å². The molecule has 2 rings (SSSR count). The van der Waals surface area contributed by atoms with Crippen LogP contribution >= 0.6 is 0 Å². The van der Waals surface area contributed by atoms with Gasteiger partial charge in [-0.2, -0.15) is 0 Å². The average Bonchev–Trinajstić information content (AvgIpc) is 2.26. The predicted molar refractivity (Wildman–Crippen MR) is 59.3 cm³/mol. The number of benzene rings is 1. The van der Waals surface area contributed by atoms with E-state index in [9.17, 15) is 4.79 Å². The van der Waals surface area contributed by atoms with E-state index in [4.69, 9.17) is 5.73 Å². The lowest BCUT2D eigenvalue weighted by Crippen LogP contribution is -2.62. The second-order valence-corrected chi connectivity index (χ2v) is 4.01. The van der Waals surface area contributed by atoms with Crippen molar-refractivity contribution >= 4 is 5.91 Å². The van der Waals surface area contributed by atoms with Crippen LogP contribution in [0.1, 0.15) is 24.1 Å². The summed E-state index contributed by atoms with van der Waals surface area (Å²) in [6.45, 7) is 4.75. The highest BCUT2D eigenvalue weighted by Gasteiger charge is 2.44. The third kappa shape index (κ3) is 1.53. The highest BCUT2D eigenvalue weighted by molar-refractivity contribution is 5.89. The maximum absolute atomic E-state index is 11.4. The summed E-state index contributed by atoms with van der Waals surface area (Å²) in [6.07, 6.45) is 0. The summed E-state index contributed by atoms with van der Waals surface area (Å²) in [5, 5.41) is 0. The molecule has 1 aliphatic heterocycles. The number of rotatable bonds is 2. The van der Waals surface area contributed by atoms with Crippen LogP contribution < -0.4 is 5.73 Å². The van der Waals surface area contributed by atoms with Crippen LogP contribution in [0.5, 0.6) is 0 Å². The summed E-state index contributed by atoms with van der Waals surface area (Å²) >= 11 is 0. The molecule has 0 saturated carbocycles. The molecule has 1 amide bonds. The van der Waals surface area contributed by atoms with Crippen LogP contribution in [-0.2, 0) is 4.79 Å². The van der Waals surface area contributed by atoms with Crippen molar-refractivity contribution in [2.45, 2.75) is 25.9 Å². The Morgan fingerprint density at radius 1 is 1.33 bits per heavy atom. The zero-order chi connectivity index (χ0) is 11.0. The molecule has 80 valence electrons. The van der Waals surface area contributed by atoms with Crippen LogP contribution in [0.15, 0.2) is 24.3 Å². The van der Waals surface area contributed by atoms with Crippen LogP contribution in [-0.4, -0.2) is 23.4 Å². The first-order valence-electron chi connectivity index (χ1n) is 5.27. The van der Waals surface area contributed by atoms with Gasteiger partial charge in [-0.1, -0.05) is 29.8 Å². The van der Waals surface area contributed by atoms with Crippen molar-refractivity contribution in [2.75, 3.05) is 6.54 Å². The summed E-state index contributed by atoms with van der Waals surface area (Å²) in [7, 11) is 0. The zero-order valence-corrected chi connectivity index (χ0v) is 9.10. The van der Waals surface area contributed by atoms with Gasteiger partial charge in [0, 0.05) is 6.54 Å². The van der Waals surface area contributed by atoms with Crippen molar-refractivity contribution in [3.8, 4) is 0 Å². The molecule has 1 aromatic rings. The molecule has 2 atom stereocenters. The second kappa shape index (κ2) is 3.66. The minimum Gasteiger partial charge on any atom is -0.332 e. The number of nitrogens with two attached hydrogens (primary N) is 1. The maximum Gasteiger partial charge on any atom is 0.242 e. The molecule has 1 fully saturated rings. The van der Waals surface area contributed by atoms with E-state index in [-0.39, 0.29) is 18.0 Å². The zero-order valence-electron chi connectivity index (χ0n) is 9.10. The molecule has 0 spiro atoms. The van der Waals surface area contributed by atoms with Crippen molar-refractivity contribution in [1.82, 2.24) is 4.90 Å². The Bertz CT molecular complexity index is 372. The van der Waals surface area contributed by atoms with Gasteiger partial charge in [-0.15, -0.1) is 0 Å². The molecule has 1 aliphatic rings. The van der Waals surface area contributed by atoms with Gasteiger partial charge < -0.3 is 10.6 Å². The van der Waals surface area contributed by atoms with E-state index in [0.29, 0.717) is 0 Å². The molecule has 0 radical (unpaired) electrons. The van der Waals surface area contributed by atoms with Gasteiger partial charge >= 0.3 is 0 Å². The number of amides is 1. The predicted octanol–water partition coefficient (Wildman–Crippen LogP) is 1.23. The standard InChI is InChI=1S/C12H16N2O/c1-3-14-11(10(13)12(14)15)9-6-4-8(2)5-7-9/h4-7,10-11H,3,13H2,1-2H3/t10-,11+/m1/s1. The lowest BCUT2D eigenvalue weighted by molar-refractivity contribution is -0.149. The van der Waals surface area contributed by atoms with Crippen molar-refractivity contribution < 1.29 is 4.79 Å². The van der Waals surface area contributed by atoms with Crippen molar-refractivity contribution in [1.29, 1.82) is 0 Å². The third-order valence-electron chi connectivity index (χ3n) is 3.00. The van der Waals surface area contributed by atoms with Crippen molar-refractivity contribution in [3.05, 3.63) is 35.4 Å². The fourth-order valence-electron chi connectivity index (χ4n) is 2.08. The van der Waals surface area contributed by atoms with Gasteiger partial charge in [-0.25, -0.2) is 0 Å². The fourth-order valence-corrected chi connectivity index (χ4v) is 2.08. The smallest absolute Gasteiger partial charge is 0.242 e. The number of hydrogen-bond donors (Lipinski definition) is 1. The first-order chi connectivity index (χ1) is 7.15. The van der Waals surface area contributed by atoms with Gasteiger partial charge in [-0.3, -0.25) is 4.79 Å². The Morgan fingerprint density at radius 2 is 1.93 bits per heavy atom. The van der Waals surface area contributed by atoms with Crippen LogP contribution in [0.3, 0.4) is 0 Å². The van der Waals surface area contributed by atoms with Crippen molar-refractivity contribution in [2.24, 2.45) is 5.73 Å². The number of hydrogen-bond acceptors (Lipinski definition) is 2.